The van der Waals surface area contributed by atoms with Crippen molar-refractivity contribution in [3.8, 4) is 11.3 Å². The Morgan fingerprint density at radius 2 is 1.94 bits per heavy atom. The Hall–Kier alpha value is -3.56. The average molecular weight is 551 g/mol. The standard InChI is InChI=1S/C26H20BrFN4O2S/c1-15(33)30-17-6-8-18(9-7-17)32-25(24(31-26(32)35)21-4-2-3-13-29-21)23-12-11-22(34-23)19-10-5-16(28)14-20(19)27/h2-14,24-25H,1H3,(H,30,33)(H,31,35)/t24-,25-/m1/s1. The molecular weight excluding hydrogens is 531 g/mol. The number of aromatic nitrogens is 1. The van der Waals surface area contributed by atoms with E-state index in [0.29, 0.717) is 26.8 Å². The van der Waals surface area contributed by atoms with E-state index in [9.17, 15) is 9.18 Å². The minimum absolute atomic E-state index is 0.140. The highest BCUT2D eigenvalue weighted by Crippen LogP contribution is 2.43. The number of nitrogens with zero attached hydrogens (tertiary/aromatic N) is 2. The van der Waals surface area contributed by atoms with Crippen molar-refractivity contribution in [1.29, 1.82) is 0 Å². The van der Waals surface area contributed by atoms with Gasteiger partial charge >= 0.3 is 0 Å². The number of pyridine rings is 1. The first kappa shape index (κ1) is 23.2. The molecule has 0 spiro atoms. The summed E-state index contributed by atoms with van der Waals surface area (Å²) in [6, 6.07) is 20.8. The third-order valence-corrected chi connectivity index (χ3v) is 6.65. The molecule has 176 valence electrons. The normalized spacial score (nSPS) is 17.3. The summed E-state index contributed by atoms with van der Waals surface area (Å²) in [7, 11) is 0. The van der Waals surface area contributed by atoms with Crippen molar-refractivity contribution in [2.75, 3.05) is 10.2 Å². The minimum atomic E-state index is -0.336. The van der Waals surface area contributed by atoms with Gasteiger partial charge in [-0.05, 0) is 94.9 Å². The molecule has 1 fully saturated rings. The van der Waals surface area contributed by atoms with Gasteiger partial charge < -0.3 is 20.0 Å². The summed E-state index contributed by atoms with van der Waals surface area (Å²) in [6.07, 6.45) is 1.74. The van der Waals surface area contributed by atoms with E-state index < -0.39 is 0 Å². The molecule has 9 heteroatoms. The molecular formula is C26H20BrFN4O2S. The number of nitrogens with one attached hydrogen (secondary N) is 2. The maximum Gasteiger partial charge on any atom is 0.221 e. The summed E-state index contributed by atoms with van der Waals surface area (Å²) in [5.74, 6) is 0.803. The predicted octanol–water partition coefficient (Wildman–Crippen LogP) is 6.38. The zero-order valence-electron chi connectivity index (χ0n) is 18.5. The molecule has 0 bridgehead atoms. The van der Waals surface area contributed by atoms with Crippen molar-refractivity contribution >= 4 is 50.5 Å². The Kier molecular flexibility index (Phi) is 6.36. The summed E-state index contributed by atoms with van der Waals surface area (Å²) in [5, 5.41) is 6.69. The van der Waals surface area contributed by atoms with Gasteiger partial charge in [-0.2, -0.15) is 0 Å². The first-order valence-corrected chi connectivity index (χ1v) is 12.0. The van der Waals surface area contributed by atoms with Gasteiger partial charge in [0.15, 0.2) is 5.11 Å². The molecule has 6 nitrogen and oxygen atoms in total. The predicted molar refractivity (Wildman–Crippen MR) is 140 cm³/mol. The maximum absolute atomic E-state index is 13.6. The van der Waals surface area contributed by atoms with Gasteiger partial charge in [-0.3, -0.25) is 9.78 Å². The summed E-state index contributed by atoms with van der Waals surface area (Å²) in [6.45, 7) is 1.47. The van der Waals surface area contributed by atoms with Crippen LogP contribution in [0.4, 0.5) is 15.8 Å². The van der Waals surface area contributed by atoms with Gasteiger partial charge in [-0.1, -0.05) is 6.07 Å². The van der Waals surface area contributed by atoms with Crippen LogP contribution in [0, 0.1) is 5.82 Å². The number of rotatable bonds is 5. The van der Waals surface area contributed by atoms with Gasteiger partial charge in [0.05, 0.1) is 11.7 Å². The summed E-state index contributed by atoms with van der Waals surface area (Å²) >= 11 is 9.16. The Morgan fingerprint density at radius 3 is 2.63 bits per heavy atom. The van der Waals surface area contributed by atoms with Crippen LogP contribution < -0.4 is 15.5 Å². The lowest BCUT2D eigenvalue weighted by Gasteiger charge is -2.26. The number of amides is 1. The lowest BCUT2D eigenvalue weighted by Crippen LogP contribution is -2.29. The number of benzene rings is 2. The summed E-state index contributed by atoms with van der Waals surface area (Å²) < 4.78 is 20.5. The molecule has 2 atom stereocenters. The van der Waals surface area contributed by atoms with Crippen LogP contribution in [0.2, 0.25) is 0 Å². The van der Waals surface area contributed by atoms with Crippen LogP contribution >= 0.6 is 28.1 Å². The van der Waals surface area contributed by atoms with E-state index in [2.05, 4.69) is 31.5 Å². The second kappa shape index (κ2) is 9.59. The molecule has 2 aromatic carbocycles. The second-order valence-electron chi connectivity index (χ2n) is 8.05. The van der Waals surface area contributed by atoms with Crippen molar-refractivity contribution in [3.05, 3.63) is 101 Å². The molecule has 1 saturated heterocycles. The molecule has 5 rings (SSSR count). The molecule has 2 N–H and O–H groups in total. The number of anilines is 2. The molecule has 35 heavy (non-hydrogen) atoms. The van der Waals surface area contributed by atoms with Crippen LogP contribution in [0.25, 0.3) is 11.3 Å². The van der Waals surface area contributed by atoms with Crippen molar-refractivity contribution in [1.82, 2.24) is 10.3 Å². The molecule has 0 radical (unpaired) electrons. The molecule has 0 saturated carbocycles. The van der Waals surface area contributed by atoms with Gasteiger partial charge in [0.25, 0.3) is 0 Å². The Bertz CT molecular complexity index is 1390. The molecule has 2 aromatic heterocycles. The molecule has 0 unspecified atom stereocenters. The van der Waals surface area contributed by atoms with Crippen LogP contribution in [0.1, 0.15) is 30.5 Å². The molecule has 3 heterocycles. The number of hydrogen-bond donors (Lipinski definition) is 2. The monoisotopic (exact) mass is 550 g/mol. The first-order chi connectivity index (χ1) is 16.9. The van der Waals surface area contributed by atoms with E-state index >= 15 is 0 Å². The largest absolute Gasteiger partial charge is 0.459 e. The number of thiocarbonyl (C=S) groups is 1. The third kappa shape index (κ3) is 4.69. The quantitative estimate of drug-likeness (QED) is 0.281. The number of carbonyl (C=O) groups is 1. The smallest absolute Gasteiger partial charge is 0.221 e. The SMILES string of the molecule is CC(=O)Nc1ccc(N2C(=S)N[C@H](c3ccccn3)[C@H]2c2ccc(-c3ccc(F)cc3Br)o2)cc1. The molecule has 1 aliphatic heterocycles. The maximum atomic E-state index is 13.6. The topological polar surface area (TPSA) is 70.4 Å². The summed E-state index contributed by atoms with van der Waals surface area (Å²) in [5.41, 5.74) is 3.09. The Morgan fingerprint density at radius 1 is 1.14 bits per heavy atom. The highest BCUT2D eigenvalue weighted by Gasteiger charge is 2.42. The minimum Gasteiger partial charge on any atom is -0.459 e. The highest BCUT2D eigenvalue weighted by molar-refractivity contribution is 9.10. The fourth-order valence-electron chi connectivity index (χ4n) is 4.18. The first-order valence-electron chi connectivity index (χ1n) is 10.8. The van der Waals surface area contributed by atoms with Gasteiger partial charge in [-0.15, -0.1) is 0 Å². The van der Waals surface area contributed by atoms with Crippen LogP contribution in [-0.2, 0) is 4.79 Å². The fourth-order valence-corrected chi connectivity index (χ4v) is 5.07. The highest BCUT2D eigenvalue weighted by atomic mass is 79.9. The van der Waals surface area contributed by atoms with Crippen LogP contribution in [0.3, 0.4) is 0 Å². The number of furan rings is 1. The number of hydrogen-bond acceptors (Lipinski definition) is 4. The second-order valence-corrected chi connectivity index (χ2v) is 9.29. The Balaban J connectivity index is 1.56. The van der Waals surface area contributed by atoms with E-state index in [1.807, 2.05) is 59.5 Å². The molecule has 4 aromatic rings. The number of halogens is 2. The zero-order chi connectivity index (χ0) is 24.5. The van der Waals surface area contributed by atoms with Crippen molar-refractivity contribution in [2.24, 2.45) is 0 Å². The fraction of sp³-hybridized carbons (Fsp3) is 0.115. The van der Waals surface area contributed by atoms with Crippen LogP contribution in [-0.4, -0.2) is 16.0 Å². The number of carbonyl (C=O) groups excluding carboxylic acids is 1. The van der Waals surface area contributed by atoms with Crippen molar-refractivity contribution < 1.29 is 13.6 Å². The molecule has 0 aliphatic carbocycles. The van der Waals surface area contributed by atoms with E-state index in [1.165, 1.54) is 19.1 Å². The van der Waals surface area contributed by atoms with Crippen molar-refractivity contribution in [3.63, 3.8) is 0 Å². The van der Waals surface area contributed by atoms with Gasteiger partial charge in [0.1, 0.15) is 23.4 Å². The van der Waals surface area contributed by atoms with E-state index in [-0.39, 0.29) is 23.8 Å². The Labute approximate surface area is 215 Å². The zero-order valence-corrected chi connectivity index (χ0v) is 20.9. The van der Waals surface area contributed by atoms with Crippen LogP contribution in [0.15, 0.2) is 87.9 Å². The van der Waals surface area contributed by atoms with E-state index in [4.69, 9.17) is 16.6 Å². The molecule has 1 amide bonds. The van der Waals surface area contributed by atoms with E-state index in [0.717, 1.165) is 16.9 Å². The van der Waals surface area contributed by atoms with E-state index in [1.54, 1.807) is 12.3 Å². The van der Waals surface area contributed by atoms with Gasteiger partial charge in [0.2, 0.25) is 5.91 Å². The summed E-state index contributed by atoms with van der Waals surface area (Å²) in [4.78, 5) is 17.9. The van der Waals surface area contributed by atoms with Crippen molar-refractivity contribution in [2.45, 2.75) is 19.0 Å². The average Bonchev–Trinajstić information content (AvgIpc) is 3.44. The molecule has 1 aliphatic rings. The van der Waals surface area contributed by atoms with Crippen LogP contribution in [0.5, 0.6) is 0 Å². The lowest BCUT2D eigenvalue weighted by molar-refractivity contribution is -0.114. The van der Waals surface area contributed by atoms with Gasteiger partial charge in [-0.25, -0.2) is 4.39 Å². The lowest BCUT2D eigenvalue weighted by atomic mass is 10.0. The third-order valence-electron chi connectivity index (χ3n) is 5.68. The van der Waals surface area contributed by atoms with Gasteiger partial charge in [0, 0.05) is 34.5 Å².